The van der Waals surface area contributed by atoms with Crippen LogP contribution in [0.5, 0.6) is 0 Å². The van der Waals surface area contributed by atoms with Crippen molar-refractivity contribution in [1.29, 1.82) is 0 Å². The van der Waals surface area contributed by atoms with Gasteiger partial charge in [0.1, 0.15) is 0 Å². The summed E-state index contributed by atoms with van der Waals surface area (Å²) in [7, 11) is 0. The maximum atomic E-state index is 12.1. The molecule has 0 aromatic heterocycles. The van der Waals surface area contributed by atoms with Crippen LogP contribution in [0.2, 0.25) is 0 Å². The molecule has 5 nitrogen and oxygen atoms in total. The highest BCUT2D eigenvalue weighted by Crippen LogP contribution is 2.16. The number of carbonyl (C=O) groups excluding carboxylic acids is 1. The van der Waals surface area contributed by atoms with E-state index in [0.29, 0.717) is 39.1 Å². The van der Waals surface area contributed by atoms with Crippen molar-refractivity contribution in [3.05, 3.63) is 35.9 Å². The van der Waals surface area contributed by atoms with Gasteiger partial charge >= 0.3 is 5.97 Å². The van der Waals surface area contributed by atoms with Crippen LogP contribution in [0.3, 0.4) is 0 Å². The minimum Gasteiger partial charge on any atom is -0.481 e. The van der Waals surface area contributed by atoms with Crippen molar-refractivity contribution in [1.82, 2.24) is 4.90 Å². The summed E-state index contributed by atoms with van der Waals surface area (Å²) in [6, 6.07) is 9.53. The van der Waals surface area contributed by atoms with Gasteiger partial charge in [-0.2, -0.15) is 0 Å². The van der Waals surface area contributed by atoms with Gasteiger partial charge in [-0.3, -0.25) is 9.59 Å². The molecular weight excluding hydrogens is 270 g/mol. The van der Waals surface area contributed by atoms with Gasteiger partial charge in [0.25, 0.3) is 0 Å². The zero-order valence-corrected chi connectivity index (χ0v) is 12.0. The number of hydrogen-bond acceptors (Lipinski definition) is 3. The van der Waals surface area contributed by atoms with Crippen LogP contribution in [0.15, 0.2) is 30.3 Å². The SMILES string of the molecule is O=C(O)C(CCC(=O)N1CCOCC1)Cc1ccccc1. The summed E-state index contributed by atoms with van der Waals surface area (Å²) in [5.41, 5.74) is 0.990. The Morgan fingerprint density at radius 1 is 1.19 bits per heavy atom. The van der Waals surface area contributed by atoms with E-state index in [2.05, 4.69) is 0 Å². The molecule has 1 unspecified atom stereocenters. The topological polar surface area (TPSA) is 66.8 Å². The molecule has 1 fully saturated rings. The molecule has 1 heterocycles. The molecule has 1 aliphatic heterocycles. The van der Waals surface area contributed by atoms with E-state index in [9.17, 15) is 14.7 Å². The van der Waals surface area contributed by atoms with Crippen molar-refractivity contribution in [2.45, 2.75) is 19.3 Å². The van der Waals surface area contributed by atoms with Gasteiger partial charge < -0.3 is 14.7 Å². The van der Waals surface area contributed by atoms with Crippen LogP contribution in [0, 0.1) is 5.92 Å². The Labute approximate surface area is 124 Å². The monoisotopic (exact) mass is 291 g/mol. The molecule has 1 amide bonds. The predicted octanol–water partition coefficient (Wildman–Crippen LogP) is 1.57. The average molecular weight is 291 g/mol. The molecule has 0 radical (unpaired) electrons. The van der Waals surface area contributed by atoms with Crippen molar-refractivity contribution in [3.8, 4) is 0 Å². The summed E-state index contributed by atoms with van der Waals surface area (Å²) in [5, 5.41) is 9.31. The summed E-state index contributed by atoms with van der Waals surface area (Å²) in [4.78, 5) is 25.2. The number of hydrogen-bond donors (Lipinski definition) is 1. The summed E-state index contributed by atoms with van der Waals surface area (Å²) < 4.78 is 5.20. The summed E-state index contributed by atoms with van der Waals surface area (Å²) in [6.07, 6.45) is 1.12. The van der Waals surface area contributed by atoms with E-state index >= 15 is 0 Å². The van der Waals surface area contributed by atoms with Crippen molar-refractivity contribution < 1.29 is 19.4 Å². The molecule has 114 valence electrons. The van der Waals surface area contributed by atoms with Gasteiger partial charge in [-0.15, -0.1) is 0 Å². The fourth-order valence-electron chi connectivity index (χ4n) is 2.48. The molecule has 0 aliphatic carbocycles. The number of carbonyl (C=O) groups is 2. The largest absolute Gasteiger partial charge is 0.481 e. The zero-order valence-electron chi connectivity index (χ0n) is 12.0. The van der Waals surface area contributed by atoms with Gasteiger partial charge in [-0.05, 0) is 18.4 Å². The Balaban J connectivity index is 1.85. The fourth-order valence-corrected chi connectivity index (χ4v) is 2.48. The highest BCUT2D eigenvalue weighted by molar-refractivity contribution is 5.77. The maximum absolute atomic E-state index is 12.1. The Hall–Kier alpha value is -1.88. The van der Waals surface area contributed by atoms with Crippen LogP contribution in [0.1, 0.15) is 18.4 Å². The van der Waals surface area contributed by atoms with Crippen molar-refractivity contribution >= 4 is 11.9 Å². The van der Waals surface area contributed by atoms with Crippen molar-refractivity contribution in [2.75, 3.05) is 26.3 Å². The molecule has 1 aromatic carbocycles. The third-order valence-electron chi connectivity index (χ3n) is 3.74. The molecule has 1 saturated heterocycles. The van der Waals surface area contributed by atoms with E-state index in [1.165, 1.54) is 0 Å². The van der Waals surface area contributed by atoms with Gasteiger partial charge in [0, 0.05) is 19.5 Å². The number of aliphatic carboxylic acids is 1. The molecule has 2 rings (SSSR count). The quantitative estimate of drug-likeness (QED) is 0.864. The van der Waals surface area contributed by atoms with Gasteiger partial charge in [0.05, 0.1) is 19.1 Å². The van der Waals surface area contributed by atoms with Crippen LogP contribution in [0.4, 0.5) is 0 Å². The molecule has 21 heavy (non-hydrogen) atoms. The number of morpholine rings is 1. The first-order valence-corrected chi connectivity index (χ1v) is 7.29. The minimum absolute atomic E-state index is 0.0256. The molecule has 0 spiro atoms. The number of amides is 1. The van der Waals surface area contributed by atoms with E-state index in [1.807, 2.05) is 30.3 Å². The average Bonchev–Trinajstić information content (AvgIpc) is 2.52. The van der Waals surface area contributed by atoms with Crippen LogP contribution < -0.4 is 0 Å². The lowest BCUT2D eigenvalue weighted by Gasteiger charge is -2.27. The highest BCUT2D eigenvalue weighted by Gasteiger charge is 2.22. The van der Waals surface area contributed by atoms with Gasteiger partial charge in [0.15, 0.2) is 0 Å². The molecule has 1 aliphatic rings. The normalized spacial score (nSPS) is 16.5. The Bertz CT molecular complexity index is 468. The lowest BCUT2D eigenvalue weighted by molar-refractivity contribution is -0.142. The van der Waals surface area contributed by atoms with Crippen molar-refractivity contribution in [3.63, 3.8) is 0 Å². The van der Waals surface area contributed by atoms with Crippen LogP contribution >= 0.6 is 0 Å². The van der Waals surface area contributed by atoms with Crippen LogP contribution in [0.25, 0.3) is 0 Å². The molecule has 1 atom stereocenters. The first-order chi connectivity index (χ1) is 10.2. The number of nitrogens with zero attached hydrogens (tertiary/aromatic N) is 1. The summed E-state index contributed by atoms with van der Waals surface area (Å²) in [5.74, 6) is -1.33. The Kier molecular flexibility index (Phi) is 5.75. The second-order valence-electron chi connectivity index (χ2n) is 5.26. The molecule has 5 heteroatoms. The van der Waals surface area contributed by atoms with Gasteiger partial charge in [-0.25, -0.2) is 0 Å². The Morgan fingerprint density at radius 2 is 1.86 bits per heavy atom. The second kappa shape index (κ2) is 7.78. The molecular formula is C16H21NO4. The number of carboxylic acid groups (broad SMARTS) is 1. The Morgan fingerprint density at radius 3 is 2.48 bits per heavy atom. The lowest BCUT2D eigenvalue weighted by atomic mass is 9.94. The van der Waals surface area contributed by atoms with E-state index in [4.69, 9.17) is 4.74 Å². The molecule has 0 saturated carbocycles. The number of benzene rings is 1. The van der Waals surface area contributed by atoms with Crippen molar-refractivity contribution in [2.24, 2.45) is 5.92 Å². The molecule has 1 aromatic rings. The summed E-state index contributed by atoms with van der Waals surface area (Å²) >= 11 is 0. The lowest BCUT2D eigenvalue weighted by Crippen LogP contribution is -2.40. The minimum atomic E-state index is -0.839. The summed E-state index contributed by atoms with van der Waals surface area (Å²) in [6.45, 7) is 2.35. The maximum Gasteiger partial charge on any atom is 0.306 e. The highest BCUT2D eigenvalue weighted by atomic mass is 16.5. The van der Waals surface area contributed by atoms with E-state index in [0.717, 1.165) is 5.56 Å². The number of ether oxygens (including phenoxy) is 1. The van der Waals surface area contributed by atoms with E-state index in [-0.39, 0.29) is 12.3 Å². The van der Waals surface area contributed by atoms with Gasteiger partial charge in [-0.1, -0.05) is 30.3 Å². The number of carboxylic acids is 1. The number of rotatable bonds is 6. The second-order valence-corrected chi connectivity index (χ2v) is 5.26. The van der Waals surface area contributed by atoms with Crippen LogP contribution in [-0.4, -0.2) is 48.2 Å². The third-order valence-corrected chi connectivity index (χ3v) is 3.74. The standard InChI is InChI=1S/C16H21NO4/c18-15(17-8-10-21-11-9-17)7-6-14(16(19)20)12-13-4-2-1-3-5-13/h1-5,14H,6-12H2,(H,19,20). The predicted molar refractivity (Wildman–Crippen MR) is 77.9 cm³/mol. The van der Waals surface area contributed by atoms with Crippen LogP contribution in [-0.2, 0) is 20.7 Å². The first kappa shape index (κ1) is 15.5. The van der Waals surface area contributed by atoms with E-state index < -0.39 is 11.9 Å². The zero-order chi connectivity index (χ0) is 15.1. The fraction of sp³-hybridized carbons (Fsp3) is 0.500. The molecule has 0 bridgehead atoms. The van der Waals surface area contributed by atoms with E-state index in [1.54, 1.807) is 4.90 Å². The molecule has 1 N–H and O–H groups in total. The first-order valence-electron chi connectivity index (χ1n) is 7.29. The van der Waals surface area contributed by atoms with Gasteiger partial charge in [0.2, 0.25) is 5.91 Å². The smallest absolute Gasteiger partial charge is 0.306 e. The third kappa shape index (κ3) is 4.86.